The summed E-state index contributed by atoms with van der Waals surface area (Å²) in [5.41, 5.74) is 0.571. The third kappa shape index (κ3) is 1.47. The molecule has 1 aliphatic rings. The Morgan fingerprint density at radius 1 is 1.46 bits per heavy atom. The molecule has 13 heavy (non-hydrogen) atoms. The Bertz CT molecular complexity index is 471. The van der Waals surface area contributed by atoms with Gasteiger partial charge in [-0.1, -0.05) is 5.92 Å². The topological polar surface area (TPSA) is 35.5 Å². The number of carbonyl (C=O) groups is 1. The summed E-state index contributed by atoms with van der Waals surface area (Å²) in [6, 6.07) is 4.70. The fourth-order valence-corrected chi connectivity index (χ4v) is 0.973. The van der Waals surface area contributed by atoms with Gasteiger partial charge in [0.25, 0.3) is 0 Å². The first-order valence-electron chi connectivity index (χ1n) is 4.58. The smallest absolute Gasteiger partial charge is 0.231 e. The second kappa shape index (κ2) is 3.20. The van der Waals surface area contributed by atoms with Crippen LogP contribution in [0.5, 0.6) is 11.5 Å². The van der Waals surface area contributed by atoms with E-state index in [9.17, 15) is 4.79 Å². The Balaban J connectivity index is 2.34. The molecule has 0 fully saturated rings. The van der Waals surface area contributed by atoms with Crippen molar-refractivity contribution in [3.63, 3.8) is 0 Å². The van der Waals surface area contributed by atoms with Crippen LogP contribution in [0.25, 0.3) is 0 Å². The first kappa shape index (κ1) is 5.65. The van der Waals surface area contributed by atoms with Gasteiger partial charge in [0, 0.05) is 5.56 Å². The molecule has 1 aliphatic heterocycles. The summed E-state index contributed by atoms with van der Waals surface area (Å²) in [6.07, 6.45) is 0.490. The number of benzene rings is 1. The Kier molecular flexibility index (Phi) is 1.39. The summed E-state index contributed by atoms with van der Waals surface area (Å²) in [5, 5.41) is 0. The number of fused-ring (bicyclic) bond motifs is 1. The van der Waals surface area contributed by atoms with E-state index >= 15 is 0 Å². The van der Waals surface area contributed by atoms with Gasteiger partial charge >= 0.3 is 0 Å². The molecular weight excluding hydrogens is 168 g/mol. The average Bonchev–Trinajstić information content (AvgIpc) is 2.47. The van der Waals surface area contributed by atoms with Gasteiger partial charge in [-0.15, -0.1) is 0 Å². The number of hydrogen-bond acceptors (Lipinski definition) is 3. The van der Waals surface area contributed by atoms with Crippen molar-refractivity contribution in [2.24, 2.45) is 0 Å². The van der Waals surface area contributed by atoms with Crippen molar-refractivity contribution in [1.29, 1.82) is 0 Å². The maximum absolute atomic E-state index is 10.0. The van der Waals surface area contributed by atoms with E-state index in [1.165, 1.54) is 6.07 Å². The molecule has 0 saturated heterocycles. The number of hydrogen-bond donors (Lipinski definition) is 0. The SMILES string of the molecule is [2H]C1([2H])Oc2ccc(C#CC=O)cc2O1. The van der Waals surface area contributed by atoms with Crippen LogP contribution in [0.2, 0.25) is 0 Å². The molecule has 64 valence electrons. The van der Waals surface area contributed by atoms with E-state index in [-0.39, 0.29) is 5.75 Å². The van der Waals surface area contributed by atoms with Gasteiger partial charge in [-0.05, 0) is 24.1 Å². The third-order valence-electron chi connectivity index (χ3n) is 1.52. The molecule has 2 rings (SSSR count). The van der Waals surface area contributed by atoms with E-state index in [2.05, 4.69) is 11.8 Å². The highest BCUT2D eigenvalue weighted by atomic mass is 16.7. The largest absolute Gasteiger partial charge is 0.454 e. The van der Waals surface area contributed by atoms with Gasteiger partial charge in [-0.3, -0.25) is 4.79 Å². The normalized spacial score (nSPS) is 17.8. The number of ether oxygens (including phenoxy) is 2. The number of aldehydes is 1. The summed E-state index contributed by atoms with van der Waals surface area (Å²) in [5.74, 6) is 5.45. The lowest BCUT2D eigenvalue weighted by molar-refractivity contribution is -0.103. The first-order chi connectivity index (χ1) is 7.11. The highest BCUT2D eigenvalue weighted by Gasteiger charge is 2.12. The van der Waals surface area contributed by atoms with Crippen molar-refractivity contribution >= 4 is 6.29 Å². The van der Waals surface area contributed by atoms with Gasteiger partial charge in [0.05, 0.1) is 0 Å². The van der Waals surface area contributed by atoms with Gasteiger partial charge in [-0.25, -0.2) is 0 Å². The van der Waals surface area contributed by atoms with Crippen LogP contribution < -0.4 is 9.47 Å². The summed E-state index contributed by atoms with van der Waals surface area (Å²) in [6.45, 7) is -2.13. The van der Waals surface area contributed by atoms with Crippen LogP contribution in [0, 0.1) is 11.8 Å². The summed E-state index contributed by atoms with van der Waals surface area (Å²) < 4.78 is 24.1. The average molecular weight is 176 g/mol. The van der Waals surface area contributed by atoms with E-state index in [1.807, 2.05) is 0 Å². The van der Waals surface area contributed by atoms with Crippen molar-refractivity contribution in [2.45, 2.75) is 0 Å². The molecule has 0 radical (unpaired) electrons. The predicted octanol–water partition coefficient (Wildman–Crippen LogP) is 0.966. The minimum Gasteiger partial charge on any atom is -0.454 e. The molecule has 0 bridgehead atoms. The van der Waals surface area contributed by atoms with Crippen LogP contribution in [0.15, 0.2) is 18.2 Å². The third-order valence-corrected chi connectivity index (χ3v) is 1.52. The lowest BCUT2D eigenvalue weighted by Gasteiger charge is -1.94. The second-order valence-corrected chi connectivity index (χ2v) is 2.34. The highest BCUT2D eigenvalue weighted by molar-refractivity contribution is 5.74. The standard InChI is InChI=1S/C10H6O3/c11-5-1-2-8-3-4-9-10(6-8)13-7-12-9/h3-6H,7H2/i7D2. The molecule has 0 unspecified atom stereocenters. The molecule has 3 heteroatoms. The maximum atomic E-state index is 10.0. The minimum absolute atomic E-state index is 0.290. The summed E-state index contributed by atoms with van der Waals surface area (Å²) >= 11 is 0. The Morgan fingerprint density at radius 2 is 2.31 bits per heavy atom. The van der Waals surface area contributed by atoms with Crippen LogP contribution in [0.4, 0.5) is 0 Å². The molecule has 0 amide bonds. The van der Waals surface area contributed by atoms with E-state index in [0.29, 0.717) is 17.6 Å². The molecule has 0 atom stereocenters. The van der Waals surface area contributed by atoms with Crippen LogP contribution in [0.3, 0.4) is 0 Å². The molecule has 3 nitrogen and oxygen atoms in total. The van der Waals surface area contributed by atoms with Gasteiger partial charge in [0.1, 0.15) is 2.74 Å². The lowest BCUT2D eigenvalue weighted by atomic mass is 10.2. The number of rotatable bonds is 0. The molecule has 0 spiro atoms. The molecule has 1 aromatic rings. The van der Waals surface area contributed by atoms with Crippen molar-refractivity contribution in [1.82, 2.24) is 0 Å². The van der Waals surface area contributed by atoms with Crippen LogP contribution in [-0.2, 0) is 4.79 Å². The maximum Gasteiger partial charge on any atom is 0.231 e. The minimum atomic E-state index is -2.13. The molecule has 0 aromatic heterocycles. The van der Waals surface area contributed by atoms with Gasteiger partial charge in [0.2, 0.25) is 6.75 Å². The Labute approximate surface area is 78.1 Å². The zero-order valence-electron chi connectivity index (χ0n) is 8.53. The van der Waals surface area contributed by atoms with Crippen molar-refractivity contribution in [2.75, 3.05) is 6.75 Å². The zero-order chi connectivity index (χ0) is 10.9. The molecule has 0 saturated carbocycles. The quantitative estimate of drug-likeness (QED) is 0.436. The molecule has 1 aromatic carbocycles. The summed E-state index contributed by atoms with van der Waals surface area (Å²) in [7, 11) is 0. The van der Waals surface area contributed by atoms with E-state index in [1.54, 1.807) is 12.1 Å². The first-order valence-corrected chi connectivity index (χ1v) is 3.58. The van der Waals surface area contributed by atoms with Crippen molar-refractivity contribution in [3.05, 3.63) is 23.8 Å². The zero-order valence-corrected chi connectivity index (χ0v) is 6.53. The van der Waals surface area contributed by atoms with Gasteiger partial charge in [-0.2, -0.15) is 0 Å². The molecule has 0 aliphatic carbocycles. The van der Waals surface area contributed by atoms with E-state index < -0.39 is 6.75 Å². The predicted molar refractivity (Wildman–Crippen MR) is 45.5 cm³/mol. The van der Waals surface area contributed by atoms with Gasteiger partial charge in [0.15, 0.2) is 17.8 Å². The van der Waals surface area contributed by atoms with E-state index in [4.69, 9.17) is 12.2 Å². The lowest BCUT2D eigenvalue weighted by Crippen LogP contribution is -1.92. The fourth-order valence-electron chi connectivity index (χ4n) is 0.973. The van der Waals surface area contributed by atoms with E-state index in [0.717, 1.165) is 0 Å². The van der Waals surface area contributed by atoms with Crippen molar-refractivity contribution < 1.29 is 17.0 Å². The molecule has 1 heterocycles. The molecular formula is C10H6O3. The summed E-state index contributed by atoms with van der Waals surface area (Å²) in [4.78, 5) is 10.0. The van der Waals surface area contributed by atoms with Crippen LogP contribution in [-0.4, -0.2) is 13.0 Å². The second-order valence-electron chi connectivity index (χ2n) is 2.34. The number of carbonyl (C=O) groups excluding carboxylic acids is 1. The van der Waals surface area contributed by atoms with Gasteiger partial charge < -0.3 is 9.47 Å². The van der Waals surface area contributed by atoms with Crippen LogP contribution in [0.1, 0.15) is 8.30 Å². The Morgan fingerprint density at radius 3 is 3.15 bits per heavy atom. The monoisotopic (exact) mass is 176 g/mol. The van der Waals surface area contributed by atoms with Crippen molar-refractivity contribution in [3.8, 4) is 23.3 Å². The highest BCUT2D eigenvalue weighted by Crippen LogP contribution is 2.32. The fraction of sp³-hybridized carbons (Fsp3) is 0.100. The van der Waals surface area contributed by atoms with Crippen LogP contribution >= 0.6 is 0 Å². The molecule has 0 N–H and O–H groups in total. The Hall–Kier alpha value is -1.95.